The van der Waals surface area contributed by atoms with Crippen molar-refractivity contribution in [2.24, 2.45) is 0 Å². The average Bonchev–Trinajstić information content (AvgIpc) is 3.68. The van der Waals surface area contributed by atoms with Crippen LogP contribution in [0.5, 0.6) is 0 Å². The molecule has 4 rings (SSSR count). The Hall–Kier alpha value is -4.21. The van der Waals surface area contributed by atoms with Gasteiger partial charge in [-0.15, -0.1) is 0 Å². The highest BCUT2D eigenvalue weighted by Gasteiger charge is 2.32. The number of carbonyl (C=O) groups is 4. The van der Waals surface area contributed by atoms with Gasteiger partial charge in [-0.2, -0.15) is 0 Å². The minimum Gasteiger partial charge on any atom is -0.481 e. The first kappa shape index (κ1) is 25.9. The van der Waals surface area contributed by atoms with E-state index >= 15 is 0 Å². The molecule has 1 aromatic heterocycles. The molecule has 0 aliphatic heterocycles. The van der Waals surface area contributed by atoms with Gasteiger partial charge in [0.25, 0.3) is 5.91 Å². The molecule has 1 aliphatic carbocycles. The number of aryl methyl sites for hydroxylation is 1. The first-order valence-electron chi connectivity index (χ1n) is 12.2. The van der Waals surface area contributed by atoms with Gasteiger partial charge >= 0.3 is 12.1 Å². The molecule has 0 saturated heterocycles. The lowest BCUT2D eigenvalue weighted by atomic mass is 10.0. The number of carboxylic acid groups (broad SMARTS) is 1. The molecular weight excluding hydrogens is 476 g/mol. The molecule has 3 amide bonds. The topological polar surface area (TPSA) is 131 Å². The molecule has 1 atom stereocenters. The lowest BCUT2D eigenvalue weighted by Gasteiger charge is -2.20. The van der Waals surface area contributed by atoms with E-state index in [-0.39, 0.29) is 24.8 Å². The quantitative estimate of drug-likeness (QED) is 0.427. The third-order valence-electron chi connectivity index (χ3n) is 6.41. The van der Waals surface area contributed by atoms with Gasteiger partial charge in [-0.25, -0.2) is 14.7 Å². The summed E-state index contributed by atoms with van der Waals surface area (Å²) in [6.07, 6.45) is 2.06. The molecule has 1 heterocycles. The lowest BCUT2D eigenvalue weighted by molar-refractivity contribution is -0.139. The fourth-order valence-electron chi connectivity index (χ4n) is 4.33. The number of carbonyl (C=O) groups excluding carboxylic acids is 3. The largest absolute Gasteiger partial charge is 0.481 e. The van der Waals surface area contributed by atoms with Gasteiger partial charge in [-0.3, -0.25) is 14.4 Å². The van der Waals surface area contributed by atoms with Gasteiger partial charge in [-0.05, 0) is 49.4 Å². The molecule has 1 saturated carbocycles. The van der Waals surface area contributed by atoms with Crippen molar-refractivity contribution in [3.63, 3.8) is 0 Å². The van der Waals surface area contributed by atoms with Crippen molar-refractivity contribution in [1.82, 2.24) is 19.8 Å². The van der Waals surface area contributed by atoms with Crippen molar-refractivity contribution < 1.29 is 29.0 Å². The summed E-state index contributed by atoms with van der Waals surface area (Å²) in [5.74, 6) is -1.23. The van der Waals surface area contributed by atoms with Crippen molar-refractivity contribution in [2.75, 3.05) is 14.2 Å². The number of ether oxygens (including phenoxy) is 1. The van der Waals surface area contributed by atoms with E-state index in [0.29, 0.717) is 29.7 Å². The van der Waals surface area contributed by atoms with Crippen molar-refractivity contribution in [2.45, 2.75) is 50.6 Å². The number of fused-ring (bicyclic) bond motifs is 1. The number of methoxy groups -OCH3 is 1. The van der Waals surface area contributed by atoms with Gasteiger partial charge in [0.05, 0.1) is 30.6 Å². The van der Waals surface area contributed by atoms with Crippen molar-refractivity contribution in [1.29, 1.82) is 0 Å². The van der Waals surface area contributed by atoms with Crippen LogP contribution in [0.25, 0.3) is 11.0 Å². The second kappa shape index (κ2) is 11.2. The Balaban J connectivity index is 1.68. The third kappa shape index (κ3) is 6.14. The summed E-state index contributed by atoms with van der Waals surface area (Å²) in [5.41, 5.74) is 2.81. The fraction of sp³-hybridized carbons (Fsp3) is 0.370. The molecule has 37 heavy (non-hydrogen) atoms. The minimum atomic E-state index is -1.03. The Morgan fingerprint density at radius 1 is 1.14 bits per heavy atom. The summed E-state index contributed by atoms with van der Waals surface area (Å²) >= 11 is 0. The van der Waals surface area contributed by atoms with Crippen molar-refractivity contribution in [3.05, 3.63) is 65.5 Å². The van der Waals surface area contributed by atoms with Gasteiger partial charge in [0.2, 0.25) is 5.91 Å². The molecule has 10 nitrogen and oxygen atoms in total. The van der Waals surface area contributed by atoms with Crippen LogP contribution in [-0.2, 0) is 20.7 Å². The van der Waals surface area contributed by atoms with Gasteiger partial charge in [0, 0.05) is 25.1 Å². The zero-order chi connectivity index (χ0) is 26.5. The number of rotatable bonds is 10. The number of nitrogens with one attached hydrogen (secondary N) is 1. The standard InChI is InChI=1S/C27H30N4O6/c1-30(27(36)37-2)26(35)18-9-13-22-21(16-18)29-25(31(22)19-10-11-19)20(28-23(32)14-15-24(33)34)12-8-17-6-4-3-5-7-17/h3-7,9,13,16,19-20H,8,10-12,14-15H2,1-2H3,(H,28,32)(H,33,34). The monoisotopic (exact) mass is 506 g/mol. The first-order chi connectivity index (χ1) is 17.8. The van der Waals surface area contributed by atoms with Gasteiger partial charge < -0.3 is 19.7 Å². The minimum absolute atomic E-state index is 0.126. The molecule has 1 aliphatic rings. The molecular formula is C27H30N4O6. The van der Waals surface area contributed by atoms with Crippen LogP contribution in [0.1, 0.15) is 65.9 Å². The Labute approximate surface area is 214 Å². The molecule has 1 unspecified atom stereocenters. The molecule has 0 spiro atoms. The van der Waals surface area contributed by atoms with Crippen molar-refractivity contribution >= 4 is 34.9 Å². The highest BCUT2D eigenvalue weighted by atomic mass is 16.5. The second-order valence-corrected chi connectivity index (χ2v) is 9.15. The number of amides is 3. The molecule has 194 valence electrons. The van der Waals surface area contributed by atoms with E-state index < -0.39 is 24.0 Å². The fourth-order valence-corrected chi connectivity index (χ4v) is 4.33. The predicted molar refractivity (Wildman–Crippen MR) is 135 cm³/mol. The van der Waals surface area contributed by atoms with E-state index in [1.54, 1.807) is 12.1 Å². The van der Waals surface area contributed by atoms with Crippen LogP contribution in [0.4, 0.5) is 4.79 Å². The second-order valence-electron chi connectivity index (χ2n) is 9.15. The van der Waals surface area contributed by atoms with Gasteiger partial charge in [0.15, 0.2) is 0 Å². The maximum Gasteiger partial charge on any atom is 0.416 e. The zero-order valence-electron chi connectivity index (χ0n) is 20.8. The Bertz CT molecular complexity index is 1320. The van der Waals surface area contributed by atoms with Crippen LogP contribution in [0.15, 0.2) is 48.5 Å². The third-order valence-corrected chi connectivity index (χ3v) is 6.41. The summed E-state index contributed by atoms with van der Waals surface area (Å²) in [5, 5.41) is 12.0. The molecule has 0 bridgehead atoms. The maximum absolute atomic E-state index is 12.8. The number of nitrogens with zero attached hydrogens (tertiary/aromatic N) is 3. The molecule has 3 aromatic rings. The van der Waals surface area contributed by atoms with Gasteiger partial charge in [0.1, 0.15) is 5.82 Å². The number of hydrogen-bond donors (Lipinski definition) is 2. The Kier molecular flexibility index (Phi) is 7.86. The van der Waals surface area contributed by atoms with E-state index in [1.165, 1.54) is 14.2 Å². The van der Waals surface area contributed by atoms with Crippen molar-refractivity contribution in [3.8, 4) is 0 Å². The molecule has 2 aromatic carbocycles. The smallest absolute Gasteiger partial charge is 0.416 e. The first-order valence-corrected chi connectivity index (χ1v) is 12.2. The summed E-state index contributed by atoms with van der Waals surface area (Å²) in [6, 6.07) is 14.8. The molecule has 1 fully saturated rings. The Morgan fingerprint density at radius 3 is 2.51 bits per heavy atom. The SMILES string of the molecule is COC(=O)N(C)C(=O)c1ccc2c(c1)nc(C(CCc1ccccc1)NC(=O)CCC(=O)O)n2C1CC1. The van der Waals surface area contributed by atoms with Crippen LogP contribution < -0.4 is 5.32 Å². The number of hydrogen-bond acceptors (Lipinski definition) is 6. The van der Waals surface area contributed by atoms with Crippen LogP contribution in [-0.4, -0.2) is 57.6 Å². The summed E-state index contributed by atoms with van der Waals surface area (Å²) in [4.78, 5) is 54.0. The van der Waals surface area contributed by atoms with E-state index in [9.17, 15) is 19.2 Å². The highest BCUT2D eigenvalue weighted by molar-refractivity contribution is 6.04. The van der Waals surface area contributed by atoms with Gasteiger partial charge in [-0.1, -0.05) is 30.3 Å². The van der Waals surface area contributed by atoms with E-state index in [0.717, 1.165) is 28.8 Å². The number of carboxylic acids is 1. The van der Waals surface area contributed by atoms with E-state index in [1.807, 2.05) is 36.4 Å². The van der Waals surface area contributed by atoms with E-state index in [4.69, 9.17) is 10.1 Å². The van der Waals surface area contributed by atoms with Crippen LogP contribution in [0.2, 0.25) is 0 Å². The normalized spacial score (nSPS) is 13.7. The maximum atomic E-state index is 12.8. The zero-order valence-corrected chi connectivity index (χ0v) is 20.8. The van der Waals surface area contributed by atoms with Crippen LogP contribution >= 0.6 is 0 Å². The predicted octanol–water partition coefficient (Wildman–Crippen LogP) is 3.86. The number of benzene rings is 2. The molecule has 0 radical (unpaired) electrons. The van der Waals surface area contributed by atoms with Crippen LogP contribution in [0.3, 0.4) is 0 Å². The summed E-state index contributed by atoms with van der Waals surface area (Å²) in [7, 11) is 2.55. The van der Waals surface area contributed by atoms with E-state index in [2.05, 4.69) is 14.6 Å². The highest BCUT2D eigenvalue weighted by Crippen LogP contribution is 2.40. The summed E-state index contributed by atoms with van der Waals surface area (Å²) in [6.45, 7) is 0. The average molecular weight is 507 g/mol. The number of imide groups is 1. The van der Waals surface area contributed by atoms with Crippen LogP contribution in [0, 0.1) is 0 Å². The number of aliphatic carboxylic acids is 1. The Morgan fingerprint density at radius 2 is 1.86 bits per heavy atom. The lowest BCUT2D eigenvalue weighted by Crippen LogP contribution is -2.32. The molecule has 10 heteroatoms. The summed E-state index contributed by atoms with van der Waals surface area (Å²) < 4.78 is 6.75. The number of aromatic nitrogens is 2. The molecule has 2 N–H and O–H groups in total. The number of imidazole rings is 1.